The maximum absolute atomic E-state index is 2.55. The molecule has 0 saturated carbocycles. The van der Waals surface area contributed by atoms with Gasteiger partial charge in [-0.05, 0) is 215 Å². The van der Waals surface area contributed by atoms with Crippen molar-refractivity contribution in [1.82, 2.24) is 0 Å². The van der Waals surface area contributed by atoms with Crippen molar-refractivity contribution >= 4 is 99.2 Å². The highest BCUT2D eigenvalue weighted by Crippen LogP contribution is 2.46. The second-order valence-electron chi connectivity index (χ2n) is 20.6. The summed E-state index contributed by atoms with van der Waals surface area (Å²) < 4.78 is 0. The van der Waals surface area contributed by atoms with Gasteiger partial charge in [0.2, 0.25) is 0 Å². The fraction of sp³-hybridized carbons (Fsp3) is 0.0986. The highest BCUT2D eigenvalue weighted by Gasteiger charge is 2.24. The first-order valence-electron chi connectivity index (χ1n) is 25.7. The molecule has 0 amide bonds. The highest BCUT2D eigenvalue weighted by atomic mass is 14.3. The number of fused-ring (bicyclic) bond motifs is 12. The van der Waals surface area contributed by atoms with E-state index in [0.717, 1.165) is 6.42 Å². The molecule has 334 valence electrons. The molecule has 0 aromatic heterocycles. The molecule has 2 unspecified atom stereocenters. The van der Waals surface area contributed by atoms with Gasteiger partial charge in [-0.25, -0.2) is 0 Å². The number of hydrogen-bond acceptors (Lipinski definition) is 0. The first kappa shape index (κ1) is 40.6. The maximum atomic E-state index is 2.55. The predicted octanol–water partition coefficient (Wildman–Crippen LogP) is 18.2. The highest BCUT2D eigenvalue weighted by molar-refractivity contribution is 6.22. The third kappa shape index (κ3) is 6.37. The molecule has 12 aromatic carbocycles. The second-order valence-corrected chi connectivity index (χ2v) is 20.6. The van der Waals surface area contributed by atoms with Crippen LogP contribution in [0.4, 0.5) is 0 Å². The maximum Gasteiger partial charge on any atom is 0.00244 e. The van der Waals surface area contributed by atoms with Gasteiger partial charge in [-0.3, -0.25) is 0 Å². The molecule has 0 bridgehead atoms. The second kappa shape index (κ2) is 15.9. The summed E-state index contributed by atoms with van der Waals surface area (Å²) in [6.45, 7) is 2.36. The standard InChI is InChI=1S/C71H50/c1-43-22-35-64-67(36-43)71(53-34-30-49-42-66-51(38-55(49)40-53)32-24-45-13-3-5-15-57(45)66)63-21-11-8-18-60(63)69(64)47-27-25-46(26-28-47)68-58-16-6-9-19-61(58)70(62-20-10-7-17-59(62)68)52-33-29-48-41-65-50(37-54(48)39-52)31-23-44-12-2-4-14-56(44)65/h2,4,6-12,14-21,23-43,45H,3,5,13,22H2,1H3. The van der Waals surface area contributed by atoms with Crippen LogP contribution in [0.3, 0.4) is 0 Å². The normalized spacial score (nSPS) is 16.3. The van der Waals surface area contributed by atoms with Gasteiger partial charge in [-0.15, -0.1) is 0 Å². The van der Waals surface area contributed by atoms with Crippen molar-refractivity contribution in [3.05, 3.63) is 228 Å². The van der Waals surface area contributed by atoms with Crippen LogP contribution < -0.4 is 10.4 Å². The van der Waals surface area contributed by atoms with Crippen LogP contribution in [0.1, 0.15) is 43.7 Å². The lowest BCUT2D eigenvalue weighted by Crippen LogP contribution is -2.33. The average molecular weight is 903 g/mol. The number of hydrogen-bond donors (Lipinski definition) is 0. The van der Waals surface area contributed by atoms with Crippen molar-refractivity contribution in [3.8, 4) is 44.5 Å². The molecule has 2 atom stereocenters. The summed E-state index contributed by atoms with van der Waals surface area (Å²) >= 11 is 0. The van der Waals surface area contributed by atoms with E-state index in [4.69, 9.17) is 0 Å². The molecule has 0 nitrogen and oxygen atoms in total. The Bertz CT molecular complexity index is 4410. The van der Waals surface area contributed by atoms with E-state index in [1.807, 2.05) is 0 Å². The molecule has 0 aliphatic heterocycles. The molecular formula is C71H50. The van der Waals surface area contributed by atoms with Crippen molar-refractivity contribution in [2.45, 2.75) is 32.6 Å². The Morgan fingerprint density at radius 1 is 0.380 bits per heavy atom. The van der Waals surface area contributed by atoms with Crippen LogP contribution in [0.25, 0.3) is 144 Å². The van der Waals surface area contributed by atoms with Gasteiger partial charge < -0.3 is 0 Å². The Hall–Kier alpha value is -8.32. The fourth-order valence-corrected chi connectivity index (χ4v) is 13.1. The van der Waals surface area contributed by atoms with Crippen LogP contribution in [0, 0.1) is 11.8 Å². The number of rotatable bonds is 4. The van der Waals surface area contributed by atoms with Crippen LogP contribution in [0.2, 0.25) is 0 Å². The lowest BCUT2D eigenvalue weighted by atomic mass is 9.77. The summed E-state index contributed by atoms with van der Waals surface area (Å²) in [5.74, 6) is 1.01. The van der Waals surface area contributed by atoms with Gasteiger partial charge in [0.25, 0.3) is 0 Å². The average Bonchev–Trinajstić information content (AvgIpc) is 3.42. The van der Waals surface area contributed by atoms with Crippen molar-refractivity contribution in [2.24, 2.45) is 11.8 Å². The van der Waals surface area contributed by atoms with E-state index in [0.29, 0.717) is 11.8 Å². The van der Waals surface area contributed by atoms with Crippen LogP contribution in [-0.2, 0) is 0 Å². The van der Waals surface area contributed by atoms with Gasteiger partial charge in [0, 0.05) is 5.92 Å². The molecule has 0 radical (unpaired) electrons. The SMILES string of the molecule is CC1C=c2c(-c3ccc4cc5c(cc4c3)C=CC3CCCC=C53)c3ccccc3c(-c3ccc(-c4c5ccccc5c(-c5ccc6cc7c(ccc8ccccc87)cc6c5)c5ccccc45)cc3)c2=CC1. The molecule has 0 spiro atoms. The molecule has 3 aliphatic rings. The van der Waals surface area contributed by atoms with Gasteiger partial charge in [-0.1, -0.05) is 195 Å². The van der Waals surface area contributed by atoms with Gasteiger partial charge in [-0.2, -0.15) is 0 Å². The first-order chi connectivity index (χ1) is 35.1. The van der Waals surface area contributed by atoms with Crippen molar-refractivity contribution < 1.29 is 0 Å². The van der Waals surface area contributed by atoms with E-state index in [-0.39, 0.29) is 0 Å². The van der Waals surface area contributed by atoms with Gasteiger partial charge in [0.1, 0.15) is 0 Å². The molecule has 71 heavy (non-hydrogen) atoms. The zero-order chi connectivity index (χ0) is 46.7. The third-order valence-corrected chi connectivity index (χ3v) is 16.4. The molecule has 0 heterocycles. The van der Waals surface area contributed by atoms with Gasteiger partial charge in [0.15, 0.2) is 0 Å². The van der Waals surface area contributed by atoms with E-state index in [9.17, 15) is 0 Å². The molecular weight excluding hydrogens is 853 g/mol. The molecule has 0 heteroatoms. The Kier molecular flexibility index (Phi) is 9.06. The van der Waals surface area contributed by atoms with E-state index in [1.165, 1.54) is 166 Å². The summed E-state index contributed by atoms with van der Waals surface area (Å²) in [5, 5.41) is 20.7. The lowest BCUT2D eigenvalue weighted by Gasteiger charge is -2.27. The largest absolute Gasteiger partial charge is 0.0801 e. The Morgan fingerprint density at radius 3 is 1.59 bits per heavy atom. The summed E-state index contributed by atoms with van der Waals surface area (Å²) in [4.78, 5) is 0. The molecule has 0 N–H and O–H groups in total. The van der Waals surface area contributed by atoms with Crippen molar-refractivity contribution in [1.29, 1.82) is 0 Å². The van der Waals surface area contributed by atoms with Crippen LogP contribution in [0.5, 0.6) is 0 Å². The van der Waals surface area contributed by atoms with Crippen molar-refractivity contribution in [2.75, 3.05) is 0 Å². The summed E-state index contributed by atoms with van der Waals surface area (Å²) in [5.41, 5.74) is 14.5. The summed E-state index contributed by atoms with van der Waals surface area (Å²) in [7, 11) is 0. The van der Waals surface area contributed by atoms with Gasteiger partial charge >= 0.3 is 0 Å². The molecule has 0 fully saturated rings. The molecule has 12 aromatic rings. The Balaban J connectivity index is 0.866. The summed E-state index contributed by atoms with van der Waals surface area (Å²) in [6.07, 6.45) is 17.1. The number of benzene rings is 12. The van der Waals surface area contributed by atoms with E-state index >= 15 is 0 Å². The minimum atomic E-state index is 0.451. The van der Waals surface area contributed by atoms with E-state index in [1.54, 1.807) is 0 Å². The van der Waals surface area contributed by atoms with E-state index in [2.05, 4.69) is 231 Å². The van der Waals surface area contributed by atoms with Crippen LogP contribution >= 0.6 is 0 Å². The smallest absolute Gasteiger partial charge is 0.00244 e. The topological polar surface area (TPSA) is 0 Å². The minimum Gasteiger partial charge on any atom is -0.0801 e. The molecule has 0 saturated heterocycles. The molecule has 15 rings (SSSR count). The predicted molar refractivity (Wildman–Crippen MR) is 307 cm³/mol. The van der Waals surface area contributed by atoms with Crippen LogP contribution in [0.15, 0.2) is 206 Å². The van der Waals surface area contributed by atoms with Gasteiger partial charge in [0.05, 0.1) is 0 Å². The Labute approximate surface area is 413 Å². The van der Waals surface area contributed by atoms with Crippen molar-refractivity contribution in [3.63, 3.8) is 0 Å². The summed E-state index contributed by atoms with van der Waals surface area (Å²) in [6, 6.07) is 73.9. The Morgan fingerprint density at radius 2 is 0.901 bits per heavy atom. The van der Waals surface area contributed by atoms with E-state index < -0.39 is 0 Å². The monoisotopic (exact) mass is 902 g/mol. The molecule has 3 aliphatic carbocycles. The number of allylic oxidation sites excluding steroid dienone is 3. The zero-order valence-corrected chi connectivity index (χ0v) is 39.8. The minimum absolute atomic E-state index is 0.451. The lowest BCUT2D eigenvalue weighted by molar-refractivity contribution is 0.646. The van der Waals surface area contributed by atoms with Crippen LogP contribution in [-0.4, -0.2) is 0 Å². The first-order valence-corrected chi connectivity index (χ1v) is 25.7. The zero-order valence-electron chi connectivity index (χ0n) is 39.8. The third-order valence-electron chi connectivity index (χ3n) is 16.4. The fourth-order valence-electron chi connectivity index (χ4n) is 13.1. The quantitative estimate of drug-likeness (QED) is 0.122.